The van der Waals surface area contributed by atoms with Gasteiger partial charge < -0.3 is 18.9 Å². The molecule has 0 atom stereocenters. The average molecular weight is 435 g/mol. The van der Waals surface area contributed by atoms with Gasteiger partial charge >= 0.3 is 6.01 Å². The smallest absolute Gasteiger partial charge is 0.319 e. The van der Waals surface area contributed by atoms with Crippen LogP contribution in [0.15, 0.2) is 49.1 Å². The van der Waals surface area contributed by atoms with Crippen LogP contribution < -0.4 is 9.47 Å². The number of carbonyl (C=O) groups excluding carboxylic acids is 1. The minimum Gasteiger partial charge on any atom is -0.480 e. The molecule has 9 nitrogen and oxygen atoms in total. The van der Waals surface area contributed by atoms with Crippen molar-refractivity contribution < 1.29 is 14.3 Å². The number of likely N-dealkylation sites (tertiary alicyclic amines) is 1. The standard InChI is InChI=1S/C23H26N6O3/c1-31-22-18(15-26-23(27-22)32-2)6-7-20(30)28-12-8-17(9-13-28)21-25-11-14-29(21)16-19-5-3-4-10-24-19/h3-7,10-11,14-15,17H,8-9,12-13,16H2,1-2H3. The molecule has 0 aromatic carbocycles. The van der Waals surface area contributed by atoms with Gasteiger partial charge in [-0.3, -0.25) is 9.78 Å². The summed E-state index contributed by atoms with van der Waals surface area (Å²) in [6.07, 6.45) is 12.2. The number of methoxy groups -OCH3 is 2. The van der Waals surface area contributed by atoms with Gasteiger partial charge in [0, 0.05) is 49.9 Å². The fraction of sp³-hybridized carbons (Fsp3) is 0.348. The van der Waals surface area contributed by atoms with E-state index in [1.807, 2.05) is 35.5 Å². The summed E-state index contributed by atoms with van der Waals surface area (Å²) < 4.78 is 12.4. The summed E-state index contributed by atoms with van der Waals surface area (Å²) in [5.41, 5.74) is 1.62. The van der Waals surface area contributed by atoms with Gasteiger partial charge in [0.25, 0.3) is 0 Å². The van der Waals surface area contributed by atoms with Crippen molar-refractivity contribution in [3.05, 3.63) is 66.1 Å². The van der Waals surface area contributed by atoms with Gasteiger partial charge in [-0.1, -0.05) is 6.07 Å². The molecule has 1 aliphatic heterocycles. The van der Waals surface area contributed by atoms with E-state index in [-0.39, 0.29) is 11.9 Å². The third kappa shape index (κ3) is 4.93. The van der Waals surface area contributed by atoms with E-state index in [2.05, 4.69) is 24.5 Å². The molecular weight excluding hydrogens is 408 g/mol. The van der Waals surface area contributed by atoms with Crippen LogP contribution in [0.25, 0.3) is 6.08 Å². The van der Waals surface area contributed by atoms with E-state index >= 15 is 0 Å². The third-order valence-corrected chi connectivity index (χ3v) is 5.52. The maximum Gasteiger partial charge on any atom is 0.319 e. The molecule has 4 rings (SSSR count). The summed E-state index contributed by atoms with van der Waals surface area (Å²) in [6.45, 7) is 2.06. The topological polar surface area (TPSA) is 95.3 Å². The lowest BCUT2D eigenvalue weighted by Crippen LogP contribution is -2.37. The van der Waals surface area contributed by atoms with Gasteiger partial charge in [-0.15, -0.1) is 0 Å². The van der Waals surface area contributed by atoms with Crippen LogP contribution in [0.2, 0.25) is 0 Å². The highest BCUT2D eigenvalue weighted by molar-refractivity contribution is 5.92. The molecule has 3 aromatic heterocycles. The molecule has 32 heavy (non-hydrogen) atoms. The number of ether oxygens (including phenoxy) is 2. The van der Waals surface area contributed by atoms with Gasteiger partial charge in [-0.05, 0) is 31.1 Å². The Hall–Kier alpha value is -3.75. The second kappa shape index (κ2) is 10.0. The summed E-state index contributed by atoms with van der Waals surface area (Å²) in [7, 11) is 3.01. The van der Waals surface area contributed by atoms with Crippen LogP contribution in [0.1, 0.15) is 35.8 Å². The maximum atomic E-state index is 12.7. The van der Waals surface area contributed by atoms with Gasteiger partial charge in [0.15, 0.2) is 0 Å². The molecule has 0 unspecified atom stereocenters. The van der Waals surface area contributed by atoms with Gasteiger partial charge in [0.05, 0.1) is 32.0 Å². The first-order valence-corrected chi connectivity index (χ1v) is 10.5. The van der Waals surface area contributed by atoms with E-state index in [0.29, 0.717) is 37.0 Å². The number of amides is 1. The first-order valence-electron chi connectivity index (χ1n) is 10.5. The third-order valence-electron chi connectivity index (χ3n) is 5.52. The number of nitrogens with zero attached hydrogens (tertiary/aromatic N) is 6. The lowest BCUT2D eigenvalue weighted by Gasteiger charge is -2.31. The molecule has 0 aliphatic carbocycles. The molecular formula is C23H26N6O3. The lowest BCUT2D eigenvalue weighted by atomic mass is 9.95. The Morgan fingerprint density at radius 3 is 2.69 bits per heavy atom. The van der Waals surface area contributed by atoms with Crippen molar-refractivity contribution in [2.24, 2.45) is 0 Å². The van der Waals surface area contributed by atoms with Crippen molar-refractivity contribution in [3.63, 3.8) is 0 Å². The first-order chi connectivity index (χ1) is 15.7. The molecule has 1 saturated heterocycles. The van der Waals surface area contributed by atoms with Crippen LogP contribution in [0.5, 0.6) is 11.9 Å². The van der Waals surface area contributed by atoms with E-state index in [9.17, 15) is 4.79 Å². The molecule has 0 bridgehead atoms. The molecule has 1 fully saturated rings. The lowest BCUT2D eigenvalue weighted by molar-refractivity contribution is -0.127. The molecule has 3 aromatic rings. The van der Waals surface area contributed by atoms with Crippen molar-refractivity contribution in [2.75, 3.05) is 27.3 Å². The van der Waals surface area contributed by atoms with Gasteiger partial charge in [-0.2, -0.15) is 4.98 Å². The molecule has 166 valence electrons. The molecule has 9 heteroatoms. The monoisotopic (exact) mass is 434 g/mol. The van der Waals surface area contributed by atoms with Crippen molar-refractivity contribution in [1.29, 1.82) is 0 Å². The number of rotatable bonds is 7. The van der Waals surface area contributed by atoms with Crippen molar-refractivity contribution in [1.82, 2.24) is 29.4 Å². The maximum absolute atomic E-state index is 12.7. The highest BCUT2D eigenvalue weighted by Gasteiger charge is 2.25. The molecule has 0 radical (unpaired) electrons. The summed E-state index contributed by atoms with van der Waals surface area (Å²) >= 11 is 0. The number of piperidine rings is 1. The highest BCUT2D eigenvalue weighted by atomic mass is 16.5. The summed E-state index contributed by atoms with van der Waals surface area (Å²) in [6, 6.07) is 6.13. The van der Waals surface area contributed by atoms with Crippen LogP contribution in [0.4, 0.5) is 0 Å². The quantitative estimate of drug-likeness (QED) is 0.527. The zero-order chi connectivity index (χ0) is 22.3. The normalized spacial score (nSPS) is 14.6. The first kappa shape index (κ1) is 21.5. The Morgan fingerprint density at radius 1 is 1.12 bits per heavy atom. The minimum absolute atomic E-state index is 0.0434. The fourth-order valence-corrected chi connectivity index (χ4v) is 3.84. The molecule has 1 aliphatic rings. The highest BCUT2D eigenvalue weighted by Crippen LogP contribution is 2.27. The SMILES string of the molecule is COc1ncc(C=CC(=O)N2CCC(c3nccn3Cc3ccccn3)CC2)c(OC)n1. The minimum atomic E-state index is -0.0434. The fourth-order valence-electron chi connectivity index (χ4n) is 3.84. The summed E-state index contributed by atoms with van der Waals surface area (Å²) in [5, 5.41) is 0. The number of aromatic nitrogens is 5. The Labute approximate surface area is 186 Å². The van der Waals surface area contributed by atoms with Gasteiger partial charge in [-0.25, -0.2) is 9.97 Å². The predicted octanol–water partition coefficient (Wildman–Crippen LogP) is 2.55. The van der Waals surface area contributed by atoms with E-state index in [1.165, 1.54) is 20.3 Å². The Morgan fingerprint density at radius 2 is 1.97 bits per heavy atom. The second-order valence-electron chi connectivity index (χ2n) is 7.49. The Kier molecular flexibility index (Phi) is 6.74. The Balaban J connectivity index is 1.36. The van der Waals surface area contributed by atoms with E-state index < -0.39 is 0 Å². The molecule has 0 saturated carbocycles. The predicted molar refractivity (Wildman–Crippen MR) is 118 cm³/mol. The number of pyridine rings is 1. The number of carbonyl (C=O) groups is 1. The van der Waals surface area contributed by atoms with Gasteiger partial charge in [0.1, 0.15) is 5.82 Å². The van der Waals surface area contributed by atoms with Crippen molar-refractivity contribution in [3.8, 4) is 11.9 Å². The van der Waals surface area contributed by atoms with Crippen LogP contribution in [-0.2, 0) is 11.3 Å². The number of hydrogen-bond acceptors (Lipinski definition) is 7. The van der Waals surface area contributed by atoms with Crippen LogP contribution in [-0.4, -0.2) is 62.6 Å². The zero-order valence-electron chi connectivity index (χ0n) is 18.2. The zero-order valence-corrected chi connectivity index (χ0v) is 18.2. The van der Waals surface area contributed by atoms with Crippen LogP contribution in [0.3, 0.4) is 0 Å². The summed E-state index contributed by atoms with van der Waals surface area (Å²) in [5.74, 6) is 1.69. The number of imidazole rings is 1. The molecule has 0 spiro atoms. The van der Waals surface area contributed by atoms with Crippen molar-refractivity contribution in [2.45, 2.75) is 25.3 Å². The van der Waals surface area contributed by atoms with Crippen LogP contribution in [0, 0.1) is 0 Å². The average Bonchev–Trinajstić information content (AvgIpc) is 3.31. The van der Waals surface area contributed by atoms with Gasteiger partial charge in [0.2, 0.25) is 11.8 Å². The molecule has 4 heterocycles. The largest absolute Gasteiger partial charge is 0.480 e. The Bertz CT molecular complexity index is 1070. The van der Waals surface area contributed by atoms with E-state index in [0.717, 1.165) is 24.4 Å². The van der Waals surface area contributed by atoms with Crippen molar-refractivity contribution >= 4 is 12.0 Å². The van der Waals surface area contributed by atoms with E-state index in [4.69, 9.17) is 9.47 Å². The van der Waals surface area contributed by atoms with Crippen LogP contribution >= 0.6 is 0 Å². The van der Waals surface area contributed by atoms with E-state index in [1.54, 1.807) is 18.5 Å². The second-order valence-corrected chi connectivity index (χ2v) is 7.49. The molecule has 0 N–H and O–H groups in total. The number of hydrogen-bond donors (Lipinski definition) is 0. The summed E-state index contributed by atoms with van der Waals surface area (Å²) in [4.78, 5) is 31.8. The molecule has 1 amide bonds.